The van der Waals surface area contributed by atoms with Gasteiger partial charge in [0.15, 0.2) is 0 Å². The quantitative estimate of drug-likeness (QED) is 0.720. The van der Waals surface area contributed by atoms with E-state index in [-0.39, 0.29) is 29.0 Å². The van der Waals surface area contributed by atoms with E-state index >= 15 is 0 Å². The van der Waals surface area contributed by atoms with Crippen molar-refractivity contribution < 1.29 is 10.2 Å². The molecule has 10 atom stereocenters. The molecule has 0 aromatic heterocycles. The van der Waals surface area contributed by atoms with Gasteiger partial charge in [-0.15, -0.1) is 0 Å². The molecule has 1 heterocycles. The first-order valence-electron chi connectivity index (χ1n) is 10.7. The van der Waals surface area contributed by atoms with Gasteiger partial charge in [0.2, 0.25) is 0 Å². The Labute approximate surface area is 151 Å². The summed E-state index contributed by atoms with van der Waals surface area (Å²) in [5.41, 5.74) is 1.54. The summed E-state index contributed by atoms with van der Waals surface area (Å²) in [6, 6.07) is 0.592. The molecule has 25 heavy (non-hydrogen) atoms. The van der Waals surface area contributed by atoms with Gasteiger partial charge in [0.1, 0.15) is 0 Å². The lowest BCUT2D eigenvalue weighted by Crippen LogP contribution is -2.69. The standard InChI is InChI=1S/C22H33NO2/c1-4-23-11-20(3)7-5-8-22-15(20)10-14(18(22)23)21-9-6-13(12(2)19(21)25)16(24)17(21)22/h13-19,24-25H,2,4-11H2,1,3H3/t13?,14?,15?,16?,17?,18?,19?,20-,21-,22-/m0/s1. The van der Waals surface area contributed by atoms with Gasteiger partial charge < -0.3 is 10.2 Å². The van der Waals surface area contributed by atoms with Crippen LogP contribution in [0, 0.1) is 39.9 Å². The van der Waals surface area contributed by atoms with Gasteiger partial charge in [0.05, 0.1) is 12.2 Å². The largest absolute Gasteiger partial charge is 0.392 e. The van der Waals surface area contributed by atoms with Gasteiger partial charge in [0.25, 0.3) is 0 Å². The first-order valence-corrected chi connectivity index (χ1v) is 10.7. The van der Waals surface area contributed by atoms with Crippen LogP contribution in [0.15, 0.2) is 12.2 Å². The Kier molecular flexibility index (Phi) is 2.73. The van der Waals surface area contributed by atoms with Gasteiger partial charge in [-0.05, 0) is 66.9 Å². The number of piperidine rings is 1. The maximum atomic E-state index is 11.5. The van der Waals surface area contributed by atoms with Crippen LogP contribution in [0.1, 0.15) is 52.4 Å². The molecule has 1 saturated heterocycles. The summed E-state index contributed by atoms with van der Waals surface area (Å²) in [6.45, 7) is 11.5. The van der Waals surface area contributed by atoms with Crippen molar-refractivity contribution in [3.8, 4) is 0 Å². The van der Waals surface area contributed by atoms with Gasteiger partial charge >= 0.3 is 0 Å². The van der Waals surface area contributed by atoms with E-state index in [0.29, 0.717) is 23.3 Å². The molecule has 6 aliphatic carbocycles. The summed E-state index contributed by atoms with van der Waals surface area (Å²) >= 11 is 0. The number of likely N-dealkylation sites (tertiary alicyclic amines) is 1. The lowest BCUT2D eigenvalue weighted by Gasteiger charge is -2.68. The van der Waals surface area contributed by atoms with E-state index in [0.717, 1.165) is 30.9 Å². The Hall–Kier alpha value is -0.380. The first kappa shape index (κ1) is 15.7. The normalized spacial score (nSPS) is 64.6. The third-order valence-electron chi connectivity index (χ3n) is 10.5. The molecule has 2 N–H and O–H groups in total. The molecule has 6 saturated carbocycles. The predicted octanol–water partition coefficient (Wildman–Crippen LogP) is 2.82. The van der Waals surface area contributed by atoms with Crippen molar-refractivity contribution in [2.45, 2.75) is 70.6 Å². The summed E-state index contributed by atoms with van der Waals surface area (Å²) < 4.78 is 0. The molecular formula is C22H33NO2. The Morgan fingerprint density at radius 2 is 2.00 bits per heavy atom. The number of aliphatic hydroxyl groups excluding tert-OH is 2. The van der Waals surface area contributed by atoms with Gasteiger partial charge in [-0.2, -0.15) is 0 Å². The topological polar surface area (TPSA) is 43.7 Å². The van der Waals surface area contributed by atoms with Gasteiger partial charge in [-0.3, -0.25) is 4.90 Å². The van der Waals surface area contributed by atoms with E-state index < -0.39 is 0 Å². The van der Waals surface area contributed by atoms with E-state index in [1.807, 2.05) is 0 Å². The Morgan fingerprint density at radius 3 is 2.76 bits per heavy atom. The third kappa shape index (κ3) is 1.34. The number of aliphatic hydroxyl groups is 2. The van der Waals surface area contributed by atoms with Crippen LogP contribution in [0.5, 0.6) is 0 Å². The third-order valence-corrected chi connectivity index (χ3v) is 10.5. The Morgan fingerprint density at radius 1 is 1.20 bits per heavy atom. The van der Waals surface area contributed by atoms with Crippen LogP contribution in [0.4, 0.5) is 0 Å². The minimum Gasteiger partial charge on any atom is -0.392 e. The van der Waals surface area contributed by atoms with Crippen LogP contribution in [-0.4, -0.2) is 46.5 Å². The van der Waals surface area contributed by atoms with Crippen molar-refractivity contribution >= 4 is 0 Å². The number of nitrogens with zero attached hydrogens (tertiary/aromatic N) is 1. The van der Waals surface area contributed by atoms with Crippen molar-refractivity contribution in [2.24, 2.45) is 39.9 Å². The second-order valence-electron chi connectivity index (χ2n) is 10.7. The van der Waals surface area contributed by atoms with Crippen molar-refractivity contribution in [1.29, 1.82) is 0 Å². The van der Waals surface area contributed by atoms with Crippen LogP contribution < -0.4 is 0 Å². The molecule has 0 radical (unpaired) electrons. The zero-order valence-electron chi connectivity index (χ0n) is 15.7. The maximum Gasteiger partial charge on any atom is 0.0814 e. The molecule has 1 aliphatic heterocycles. The fourth-order valence-corrected chi connectivity index (χ4v) is 10.1. The number of fused-ring (bicyclic) bond motifs is 2. The molecule has 3 nitrogen and oxygen atoms in total. The molecule has 7 fully saturated rings. The summed E-state index contributed by atoms with van der Waals surface area (Å²) in [7, 11) is 0. The van der Waals surface area contributed by atoms with E-state index in [1.54, 1.807) is 0 Å². The highest BCUT2D eigenvalue weighted by Gasteiger charge is 2.84. The van der Waals surface area contributed by atoms with E-state index in [4.69, 9.17) is 0 Å². The average molecular weight is 344 g/mol. The minimum atomic E-state index is -0.377. The molecule has 3 heteroatoms. The molecule has 0 aromatic carbocycles. The van der Waals surface area contributed by atoms with Crippen LogP contribution in [-0.2, 0) is 0 Å². The predicted molar refractivity (Wildman–Crippen MR) is 96.8 cm³/mol. The van der Waals surface area contributed by atoms with Crippen LogP contribution in [0.25, 0.3) is 0 Å². The van der Waals surface area contributed by atoms with Gasteiger partial charge in [-0.25, -0.2) is 0 Å². The molecule has 0 amide bonds. The Balaban J connectivity index is 1.60. The molecule has 7 bridgehead atoms. The highest BCUT2D eigenvalue weighted by atomic mass is 16.3. The van der Waals surface area contributed by atoms with Crippen molar-refractivity contribution in [3.05, 3.63) is 12.2 Å². The van der Waals surface area contributed by atoms with Crippen LogP contribution in [0.3, 0.4) is 0 Å². The molecule has 2 spiro atoms. The molecule has 7 aliphatic rings. The van der Waals surface area contributed by atoms with Crippen molar-refractivity contribution in [3.63, 3.8) is 0 Å². The van der Waals surface area contributed by atoms with Gasteiger partial charge in [0, 0.05) is 29.8 Å². The molecule has 7 rings (SSSR count). The van der Waals surface area contributed by atoms with E-state index in [1.165, 1.54) is 32.2 Å². The van der Waals surface area contributed by atoms with Crippen LogP contribution >= 0.6 is 0 Å². The highest BCUT2D eigenvalue weighted by Crippen LogP contribution is 2.83. The second kappa shape index (κ2) is 4.36. The Bertz CT molecular complexity index is 662. The SMILES string of the molecule is C=C1C2CC[C@]3(C1O)C1CC4[C@@]5(C)CCC[C@@]4(C1N(CC)C5)C3C2O. The molecule has 138 valence electrons. The smallest absolute Gasteiger partial charge is 0.0814 e. The average Bonchev–Trinajstić information content (AvgIpc) is 2.99. The number of hydrogen-bond donors (Lipinski definition) is 2. The molecular weight excluding hydrogens is 310 g/mol. The van der Waals surface area contributed by atoms with Crippen molar-refractivity contribution in [1.82, 2.24) is 4.90 Å². The lowest BCUT2D eigenvalue weighted by molar-refractivity contribution is -0.227. The van der Waals surface area contributed by atoms with Gasteiger partial charge in [-0.1, -0.05) is 26.8 Å². The fourth-order valence-electron chi connectivity index (χ4n) is 10.1. The molecule has 7 unspecified atom stereocenters. The van der Waals surface area contributed by atoms with Crippen molar-refractivity contribution in [2.75, 3.05) is 13.1 Å². The lowest BCUT2D eigenvalue weighted by atomic mass is 9.39. The minimum absolute atomic E-state index is 0.0809. The van der Waals surface area contributed by atoms with E-state index in [9.17, 15) is 10.2 Å². The highest BCUT2D eigenvalue weighted by molar-refractivity contribution is 5.38. The summed E-state index contributed by atoms with van der Waals surface area (Å²) in [4.78, 5) is 2.77. The summed E-state index contributed by atoms with van der Waals surface area (Å²) in [5, 5.41) is 22.9. The fraction of sp³-hybridized carbons (Fsp3) is 0.909. The maximum absolute atomic E-state index is 11.5. The van der Waals surface area contributed by atoms with E-state index in [2.05, 4.69) is 25.3 Å². The zero-order chi connectivity index (χ0) is 17.4. The second-order valence-corrected chi connectivity index (χ2v) is 10.7. The zero-order valence-corrected chi connectivity index (χ0v) is 15.7. The first-order chi connectivity index (χ1) is 11.9. The summed E-state index contributed by atoms with van der Waals surface area (Å²) in [6.07, 6.45) is 6.75. The molecule has 0 aromatic rings. The number of rotatable bonds is 1. The number of hydrogen-bond acceptors (Lipinski definition) is 3. The summed E-state index contributed by atoms with van der Waals surface area (Å²) in [5.74, 6) is 1.77. The van der Waals surface area contributed by atoms with Crippen LogP contribution in [0.2, 0.25) is 0 Å². The monoisotopic (exact) mass is 343 g/mol.